The lowest BCUT2D eigenvalue weighted by atomic mass is 10.1. The third kappa shape index (κ3) is 2.30. The van der Waals surface area contributed by atoms with Gasteiger partial charge in [-0.1, -0.05) is 46.2 Å². The van der Waals surface area contributed by atoms with Crippen molar-refractivity contribution in [3.63, 3.8) is 0 Å². The van der Waals surface area contributed by atoms with Crippen molar-refractivity contribution in [3.05, 3.63) is 28.0 Å². The van der Waals surface area contributed by atoms with Crippen LogP contribution in [0, 0.1) is 3.82 Å². The molecule has 0 spiro atoms. The molecule has 15 heavy (non-hydrogen) atoms. The molecular weight excluding hydrogens is 244 g/mol. The number of hydrogen-bond donors (Lipinski definition) is 0. The molecule has 2 heterocycles. The maximum absolute atomic E-state index is 5.32. The van der Waals surface area contributed by atoms with Crippen molar-refractivity contribution in [2.24, 2.45) is 0 Å². The van der Waals surface area contributed by atoms with Gasteiger partial charge in [-0.25, -0.2) is 0 Å². The minimum absolute atomic E-state index is 0.943. The Morgan fingerprint density at radius 3 is 2.87 bits per heavy atom. The fourth-order valence-electron chi connectivity index (χ4n) is 1.35. The zero-order valence-corrected chi connectivity index (χ0v) is 10.7. The molecule has 0 aliphatic heterocycles. The minimum Gasteiger partial charge on any atom is -0.261 e. The number of rotatable bonds is 3. The van der Waals surface area contributed by atoms with Crippen molar-refractivity contribution in [1.82, 2.24) is 9.97 Å². The van der Waals surface area contributed by atoms with Crippen molar-refractivity contribution in [1.29, 1.82) is 0 Å². The standard InChI is InChI=1S/C10H10N2S3/c1-2-3-7-9(14-15-10(7)13)8-6-11-4-5-12-8/h4-6H,2-3H2,1H3. The van der Waals surface area contributed by atoms with Gasteiger partial charge in [0.15, 0.2) is 0 Å². The summed E-state index contributed by atoms with van der Waals surface area (Å²) in [6.07, 6.45) is 7.35. The molecule has 2 nitrogen and oxygen atoms in total. The SMILES string of the molecule is CCCc1c(-c2cnccn2)ssc1=S. The molecular formula is C10H10N2S3. The van der Waals surface area contributed by atoms with Gasteiger partial charge in [0.1, 0.15) is 3.82 Å². The second-order valence-corrected chi connectivity index (χ2v) is 5.92. The van der Waals surface area contributed by atoms with Crippen LogP contribution in [0.25, 0.3) is 10.6 Å². The molecule has 0 amide bonds. The summed E-state index contributed by atoms with van der Waals surface area (Å²) in [5, 5.41) is 0. The van der Waals surface area contributed by atoms with Crippen LogP contribution in [0.15, 0.2) is 18.6 Å². The molecule has 0 bridgehead atoms. The molecule has 0 saturated heterocycles. The first-order valence-electron chi connectivity index (χ1n) is 4.71. The molecule has 0 N–H and O–H groups in total. The van der Waals surface area contributed by atoms with Gasteiger partial charge in [-0.05, 0) is 6.42 Å². The van der Waals surface area contributed by atoms with Gasteiger partial charge in [0, 0.05) is 18.0 Å². The number of hydrogen-bond acceptors (Lipinski definition) is 5. The summed E-state index contributed by atoms with van der Waals surface area (Å²) >= 11 is 5.32. The van der Waals surface area contributed by atoms with E-state index < -0.39 is 0 Å². The number of nitrogens with zero attached hydrogens (tertiary/aromatic N) is 2. The van der Waals surface area contributed by atoms with E-state index >= 15 is 0 Å². The maximum atomic E-state index is 5.32. The van der Waals surface area contributed by atoms with Gasteiger partial charge >= 0.3 is 0 Å². The quantitative estimate of drug-likeness (QED) is 0.612. The third-order valence-corrected chi connectivity index (χ3v) is 5.18. The van der Waals surface area contributed by atoms with Gasteiger partial charge in [-0.2, -0.15) is 0 Å². The van der Waals surface area contributed by atoms with Crippen molar-refractivity contribution in [2.75, 3.05) is 0 Å². The van der Waals surface area contributed by atoms with Crippen LogP contribution in [0.4, 0.5) is 0 Å². The highest BCUT2D eigenvalue weighted by Gasteiger charge is 2.10. The van der Waals surface area contributed by atoms with E-state index in [0.29, 0.717) is 0 Å². The van der Waals surface area contributed by atoms with Gasteiger partial charge in [-0.3, -0.25) is 9.97 Å². The average Bonchev–Trinajstić information content (AvgIpc) is 2.63. The van der Waals surface area contributed by atoms with E-state index in [-0.39, 0.29) is 0 Å². The molecule has 0 aromatic carbocycles. The molecule has 5 heteroatoms. The smallest absolute Gasteiger partial charge is 0.105 e. The summed E-state index contributed by atoms with van der Waals surface area (Å²) in [7, 11) is 3.36. The Kier molecular flexibility index (Phi) is 3.56. The van der Waals surface area contributed by atoms with Crippen LogP contribution in [0.2, 0.25) is 0 Å². The summed E-state index contributed by atoms with van der Waals surface area (Å²) < 4.78 is 1.00. The molecule has 0 unspecified atom stereocenters. The van der Waals surface area contributed by atoms with E-state index in [9.17, 15) is 0 Å². The first kappa shape index (κ1) is 10.9. The van der Waals surface area contributed by atoms with E-state index in [1.165, 1.54) is 10.4 Å². The lowest BCUT2D eigenvalue weighted by Gasteiger charge is -1.99. The monoisotopic (exact) mass is 254 g/mol. The Balaban J connectivity index is 2.49. The summed E-state index contributed by atoms with van der Waals surface area (Å²) in [6.45, 7) is 2.16. The van der Waals surface area contributed by atoms with Gasteiger partial charge < -0.3 is 0 Å². The predicted molar refractivity (Wildman–Crippen MR) is 68.1 cm³/mol. The van der Waals surface area contributed by atoms with Gasteiger partial charge in [0.2, 0.25) is 0 Å². The maximum Gasteiger partial charge on any atom is 0.105 e. The minimum atomic E-state index is 0.943. The van der Waals surface area contributed by atoms with Crippen molar-refractivity contribution >= 4 is 32.9 Å². The highest BCUT2D eigenvalue weighted by Crippen LogP contribution is 2.33. The Morgan fingerprint density at radius 2 is 2.20 bits per heavy atom. The van der Waals surface area contributed by atoms with Crippen LogP contribution in [-0.4, -0.2) is 9.97 Å². The summed E-state index contributed by atoms with van der Waals surface area (Å²) in [4.78, 5) is 9.59. The highest BCUT2D eigenvalue weighted by molar-refractivity contribution is 7.80. The summed E-state index contributed by atoms with van der Waals surface area (Å²) in [5.74, 6) is 0. The molecule has 0 saturated carbocycles. The molecule has 2 rings (SSSR count). The molecule has 78 valence electrons. The van der Waals surface area contributed by atoms with Crippen molar-refractivity contribution in [2.45, 2.75) is 19.8 Å². The van der Waals surface area contributed by atoms with Crippen molar-refractivity contribution in [3.8, 4) is 10.6 Å². The second-order valence-electron chi connectivity index (χ2n) is 3.10. The van der Waals surface area contributed by atoms with Crippen LogP contribution in [-0.2, 0) is 6.42 Å². The van der Waals surface area contributed by atoms with Crippen LogP contribution in [0.5, 0.6) is 0 Å². The molecule has 2 aromatic heterocycles. The fraction of sp³-hybridized carbons (Fsp3) is 0.300. The van der Waals surface area contributed by atoms with E-state index in [1.807, 2.05) is 0 Å². The molecule has 0 atom stereocenters. The topological polar surface area (TPSA) is 25.8 Å². The summed E-state index contributed by atoms with van der Waals surface area (Å²) in [5.41, 5.74) is 2.21. The molecule has 0 radical (unpaired) electrons. The average molecular weight is 254 g/mol. The Hall–Kier alpha value is -0.650. The lowest BCUT2D eigenvalue weighted by molar-refractivity contribution is 0.926. The normalized spacial score (nSPS) is 10.5. The Bertz CT molecular complexity index is 487. The number of aromatic nitrogens is 2. The molecule has 0 aliphatic carbocycles. The predicted octanol–water partition coefficient (Wildman–Crippen LogP) is 3.95. The second kappa shape index (κ2) is 4.92. The van der Waals surface area contributed by atoms with E-state index in [2.05, 4.69) is 16.9 Å². The van der Waals surface area contributed by atoms with E-state index in [0.717, 1.165) is 22.4 Å². The van der Waals surface area contributed by atoms with E-state index in [1.54, 1.807) is 39.3 Å². The van der Waals surface area contributed by atoms with Crippen LogP contribution in [0.1, 0.15) is 18.9 Å². The summed E-state index contributed by atoms with van der Waals surface area (Å²) in [6, 6.07) is 0. The van der Waals surface area contributed by atoms with Gasteiger partial charge in [0.25, 0.3) is 0 Å². The first-order valence-corrected chi connectivity index (χ1v) is 7.27. The zero-order chi connectivity index (χ0) is 10.7. The Morgan fingerprint density at radius 1 is 1.33 bits per heavy atom. The Labute approximate surface area is 101 Å². The third-order valence-electron chi connectivity index (χ3n) is 2.02. The van der Waals surface area contributed by atoms with Crippen molar-refractivity contribution < 1.29 is 0 Å². The largest absolute Gasteiger partial charge is 0.261 e. The fourth-order valence-corrected chi connectivity index (χ4v) is 4.29. The first-order chi connectivity index (χ1) is 7.33. The molecule has 2 aromatic rings. The lowest BCUT2D eigenvalue weighted by Crippen LogP contribution is -1.87. The molecule has 0 aliphatic rings. The van der Waals surface area contributed by atoms with Gasteiger partial charge in [-0.15, -0.1) is 0 Å². The molecule has 0 fully saturated rings. The van der Waals surface area contributed by atoms with Gasteiger partial charge in [0.05, 0.1) is 16.8 Å². The van der Waals surface area contributed by atoms with Crippen LogP contribution < -0.4 is 0 Å². The highest BCUT2D eigenvalue weighted by atomic mass is 32.9. The van der Waals surface area contributed by atoms with E-state index in [4.69, 9.17) is 12.2 Å². The van der Waals surface area contributed by atoms with Crippen LogP contribution >= 0.6 is 32.9 Å². The van der Waals surface area contributed by atoms with Crippen LogP contribution in [0.3, 0.4) is 0 Å². The zero-order valence-electron chi connectivity index (χ0n) is 8.27.